The van der Waals surface area contributed by atoms with E-state index in [-0.39, 0.29) is 5.91 Å². The molecule has 0 unspecified atom stereocenters. The van der Waals surface area contributed by atoms with E-state index in [2.05, 4.69) is 24.5 Å². The molecule has 1 N–H and O–H groups in total. The van der Waals surface area contributed by atoms with Gasteiger partial charge in [0.2, 0.25) is 0 Å². The van der Waals surface area contributed by atoms with E-state index < -0.39 is 5.72 Å². The molecule has 4 rings (SSSR count). The number of carbonyl (C=O) groups excluding carboxylic acids is 1. The van der Waals surface area contributed by atoms with Gasteiger partial charge >= 0.3 is 0 Å². The van der Waals surface area contributed by atoms with Gasteiger partial charge in [-0.25, -0.2) is 15.3 Å². The average Bonchev–Trinajstić information content (AvgIpc) is 3.07. The number of rotatable bonds is 2. The van der Waals surface area contributed by atoms with Crippen molar-refractivity contribution in [2.75, 3.05) is 13.1 Å². The molecule has 0 radical (unpaired) electrons. The number of benzene rings is 2. The minimum Gasteiger partial charge on any atom is -0.338 e. The number of aliphatic imine (C=N–C) groups is 1. The topological polar surface area (TPSA) is 53.9 Å². The summed E-state index contributed by atoms with van der Waals surface area (Å²) in [6.45, 7) is 3.34. The van der Waals surface area contributed by atoms with E-state index >= 15 is 0 Å². The Morgan fingerprint density at radius 3 is 2.44 bits per heavy atom. The molecule has 0 saturated carbocycles. The molecule has 0 aromatic heterocycles. The molecule has 2 aromatic rings. The van der Waals surface area contributed by atoms with Gasteiger partial charge in [0, 0.05) is 37.1 Å². The van der Waals surface area contributed by atoms with Crippen LogP contribution in [0.15, 0.2) is 59.6 Å². The molecule has 128 valence electrons. The first-order valence-corrected chi connectivity index (χ1v) is 8.60. The van der Waals surface area contributed by atoms with Crippen molar-refractivity contribution in [3.8, 4) is 0 Å². The molecule has 1 spiro atoms. The first kappa shape index (κ1) is 15.8. The van der Waals surface area contributed by atoms with E-state index in [0.29, 0.717) is 25.9 Å². The number of aryl methyl sites for hydroxylation is 1. The molecule has 1 amide bonds. The first-order chi connectivity index (χ1) is 12.2. The van der Waals surface area contributed by atoms with Gasteiger partial charge in [0.25, 0.3) is 5.91 Å². The highest BCUT2D eigenvalue weighted by Crippen LogP contribution is 2.31. The summed E-state index contributed by atoms with van der Waals surface area (Å²) in [4.78, 5) is 25.0. The Morgan fingerprint density at radius 2 is 1.76 bits per heavy atom. The number of likely N-dealkylation sites (tertiary alicyclic amines) is 1. The molecule has 0 aliphatic carbocycles. The largest absolute Gasteiger partial charge is 0.338 e. The van der Waals surface area contributed by atoms with Gasteiger partial charge in [-0.15, -0.1) is 0 Å². The third-order valence-corrected chi connectivity index (χ3v) is 4.83. The summed E-state index contributed by atoms with van der Waals surface area (Å²) in [6, 6.07) is 17.6. The lowest BCUT2D eigenvalue weighted by Crippen LogP contribution is -2.46. The molecular weight excluding hydrogens is 314 g/mol. The molecule has 5 heteroatoms. The maximum Gasteiger partial charge on any atom is 0.253 e. The summed E-state index contributed by atoms with van der Waals surface area (Å²) in [5.74, 6) is 0.840. The van der Waals surface area contributed by atoms with E-state index in [1.807, 2.05) is 47.4 Å². The summed E-state index contributed by atoms with van der Waals surface area (Å²) in [7, 11) is 0. The second kappa shape index (κ2) is 6.33. The molecule has 2 heterocycles. The summed E-state index contributed by atoms with van der Waals surface area (Å²) in [6.07, 6.45) is 1.38. The molecule has 1 saturated heterocycles. The maximum absolute atomic E-state index is 12.6. The first-order valence-electron chi connectivity index (χ1n) is 8.60. The van der Waals surface area contributed by atoms with Crippen LogP contribution in [0.4, 0.5) is 0 Å². The maximum atomic E-state index is 12.6. The van der Waals surface area contributed by atoms with E-state index in [9.17, 15) is 4.79 Å². The number of hydroxylamine groups is 1. The Bertz CT molecular complexity index is 791. The summed E-state index contributed by atoms with van der Waals surface area (Å²) >= 11 is 0. The SMILES string of the molecule is Cc1ccc(C2=NC3(CCN(C(=O)c4ccccc4)CC3)ON2)cc1. The van der Waals surface area contributed by atoms with E-state index in [1.54, 1.807) is 0 Å². The van der Waals surface area contributed by atoms with Crippen LogP contribution in [0.2, 0.25) is 0 Å². The monoisotopic (exact) mass is 335 g/mol. The average molecular weight is 335 g/mol. The van der Waals surface area contributed by atoms with Gasteiger partial charge in [-0.05, 0) is 19.1 Å². The highest BCUT2D eigenvalue weighted by molar-refractivity contribution is 5.99. The second-order valence-corrected chi connectivity index (χ2v) is 6.63. The van der Waals surface area contributed by atoms with Crippen molar-refractivity contribution < 1.29 is 9.63 Å². The van der Waals surface area contributed by atoms with E-state index in [1.165, 1.54) is 5.56 Å². The summed E-state index contributed by atoms with van der Waals surface area (Å²) in [5, 5.41) is 0. The van der Waals surface area contributed by atoms with Crippen LogP contribution < -0.4 is 5.48 Å². The Labute approximate surface area is 147 Å². The van der Waals surface area contributed by atoms with Crippen LogP contribution in [0.3, 0.4) is 0 Å². The van der Waals surface area contributed by atoms with Crippen molar-refractivity contribution in [3.05, 3.63) is 71.3 Å². The summed E-state index contributed by atoms with van der Waals surface area (Å²) < 4.78 is 0. The number of hydrogen-bond acceptors (Lipinski definition) is 4. The molecule has 2 aliphatic heterocycles. The van der Waals surface area contributed by atoms with Gasteiger partial charge in [-0.2, -0.15) is 0 Å². The van der Waals surface area contributed by atoms with Crippen LogP contribution in [-0.2, 0) is 4.84 Å². The van der Waals surface area contributed by atoms with Crippen molar-refractivity contribution in [2.45, 2.75) is 25.5 Å². The Morgan fingerprint density at radius 1 is 1.08 bits per heavy atom. The van der Waals surface area contributed by atoms with Gasteiger partial charge in [0.1, 0.15) is 0 Å². The number of nitrogens with one attached hydrogen (secondary N) is 1. The number of amides is 1. The number of nitrogens with zero attached hydrogens (tertiary/aromatic N) is 2. The van der Waals surface area contributed by atoms with Gasteiger partial charge < -0.3 is 4.90 Å². The number of hydrogen-bond donors (Lipinski definition) is 1. The van der Waals surface area contributed by atoms with Gasteiger partial charge in [-0.1, -0.05) is 48.0 Å². The fourth-order valence-corrected chi connectivity index (χ4v) is 3.26. The predicted octanol–water partition coefficient (Wildman–Crippen LogP) is 2.91. The Kier molecular flexibility index (Phi) is 4.01. The third kappa shape index (κ3) is 3.15. The number of amidine groups is 1. The zero-order valence-corrected chi connectivity index (χ0v) is 14.2. The lowest BCUT2D eigenvalue weighted by Gasteiger charge is -2.35. The fourth-order valence-electron chi connectivity index (χ4n) is 3.26. The molecule has 2 aromatic carbocycles. The lowest BCUT2D eigenvalue weighted by molar-refractivity contribution is -0.0849. The van der Waals surface area contributed by atoms with E-state index in [0.717, 1.165) is 17.0 Å². The van der Waals surface area contributed by atoms with Crippen LogP contribution in [0.25, 0.3) is 0 Å². The third-order valence-electron chi connectivity index (χ3n) is 4.83. The van der Waals surface area contributed by atoms with Crippen molar-refractivity contribution in [1.29, 1.82) is 0 Å². The molecule has 0 bridgehead atoms. The molecule has 0 atom stereocenters. The van der Waals surface area contributed by atoms with Crippen molar-refractivity contribution in [2.24, 2.45) is 4.99 Å². The quantitative estimate of drug-likeness (QED) is 0.918. The van der Waals surface area contributed by atoms with Crippen molar-refractivity contribution in [3.63, 3.8) is 0 Å². The van der Waals surface area contributed by atoms with Crippen LogP contribution in [0, 0.1) is 6.92 Å². The Hall–Kier alpha value is -2.66. The highest BCUT2D eigenvalue weighted by atomic mass is 16.7. The fraction of sp³-hybridized carbons (Fsp3) is 0.300. The highest BCUT2D eigenvalue weighted by Gasteiger charge is 2.41. The number of carbonyl (C=O) groups is 1. The van der Waals surface area contributed by atoms with Crippen LogP contribution >= 0.6 is 0 Å². The molecule has 1 fully saturated rings. The smallest absolute Gasteiger partial charge is 0.253 e. The van der Waals surface area contributed by atoms with Crippen molar-refractivity contribution in [1.82, 2.24) is 10.4 Å². The minimum absolute atomic E-state index is 0.0733. The zero-order valence-electron chi connectivity index (χ0n) is 14.2. The molecule has 25 heavy (non-hydrogen) atoms. The standard InChI is InChI=1S/C20H21N3O2/c1-15-7-9-16(10-8-15)18-21-20(25-22-18)11-13-23(14-12-20)19(24)17-5-3-2-4-6-17/h2-10H,11-14H2,1H3,(H,21,22). The van der Waals surface area contributed by atoms with Gasteiger partial charge in [0.15, 0.2) is 11.6 Å². The summed E-state index contributed by atoms with van der Waals surface area (Å²) in [5.41, 5.74) is 5.38. The second-order valence-electron chi connectivity index (χ2n) is 6.63. The zero-order chi connectivity index (χ0) is 17.3. The minimum atomic E-state index is -0.562. The van der Waals surface area contributed by atoms with E-state index in [4.69, 9.17) is 9.83 Å². The Balaban J connectivity index is 1.45. The number of piperidine rings is 1. The lowest BCUT2D eigenvalue weighted by atomic mass is 10.00. The van der Waals surface area contributed by atoms with Crippen LogP contribution in [0.1, 0.15) is 34.3 Å². The molecule has 2 aliphatic rings. The van der Waals surface area contributed by atoms with Crippen LogP contribution in [0.5, 0.6) is 0 Å². The molecule has 5 nitrogen and oxygen atoms in total. The van der Waals surface area contributed by atoms with Crippen LogP contribution in [-0.4, -0.2) is 35.5 Å². The van der Waals surface area contributed by atoms with Crippen molar-refractivity contribution >= 4 is 11.7 Å². The normalized spacial score (nSPS) is 18.8. The predicted molar refractivity (Wildman–Crippen MR) is 96.2 cm³/mol. The van der Waals surface area contributed by atoms with Gasteiger partial charge in [0.05, 0.1) is 0 Å². The van der Waals surface area contributed by atoms with Gasteiger partial charge in [-0.3, -0.25) is 4.79 Å². The molecular formula is C20H21N3O2.